The first kappa shape index (κ1) is 16.3. The van der Waals surface area contributed by atoms with Crippen LogP contribution in [0.5, 0.6) is 0 Å². The lowest BCUT2D eigenvalue weighted by Gasteiger charge is -2.33. The number of thiophene rings is 1. The van der Waals surface area contributed by atoms with Crippen molar-refractivity contribution in [2.75, 3.05) is 6.54 Å². The first-order valence-electron chi connectivity index (χ1n) is 8.60. The maximum Gasteiger partial charge on any atom is 0.352 e. The summed E-state index contributed by atoms with van der Waals surface area (Å²) < 4.78 is 2.71. The van der Waals surface area contributed by atoms with Crippen LogP contribution in [0.1, 0.15) is 36.6 Å². The number of fused-ring (bicyclic) bond motifs is 3. The van der Waals surface area contributed by atoms with Crippen LogP contribution in [0.3, 0.4) is 0 Å². The minimum Gasteiger partial charge on any atom is -0.338 e. The van der Waals surface area contributed by atoms with Crippen molar-refractivity contribution in [3.05, 3.63) is 27.3 Å². The summed E-state index contributed by atoms with van der Waals surface area (Å²) in [6.07, 6.45) is 4.70. The van der Waals surface area contributed by atoms with E-state index in [2.05, 4.69) is 17.0 Å². The van der Waals surface area contributed by atoms with Gasteiger partial charge in [0.2, 0.25) is 5.91 Å². The van der Waals surface area contributed by atoms with Crippen molar-refractivity contribution in [2.24, 2.45) is 0 Å². The second-order valence-electron chi connectivity index (χ2n) is 6.77. The molecule has 3 aromatic heterocycles. The topological polar surface area (TPSA) is 72.5 Å². The molecule has 0 aliphatic carbocycles. The van der Waals surface area contributed by atoms with Crippen LogP contribution in [0.25, 0.3) is 15.9 Å². The third-order valence-electron chi connectivity index (χ3n) is 5.16. The van der Waals surface area contributed by atoms with Crippen LogP contribution in [-0.4, -0.2) is 42.6 Å². The summed E-state index contributed by atoms with van der Waals surface area (Å²) in [7, 11) is 0. The number of rotatable bonds is 2. The second kappa shape index (κ2) is 5.94. The fourth-order valence-corrected chi connectivity index (χ4v) is 4.55. The highest BCUT2D eigenvalue weighted by molar-refractivity contribution is 7.18. The van der Waals surface area contributed by atoms with Gasteiger partial charge in [-0.1, -0.05) is 0 Å². The summed E-state index contributed by atoms with van der Waals surface area (Å²) in [4.78, 5) is 33.6. The van der Waals surface area contributed by atoms with Crippen molar-refractivity contribution in [3.8, 4) is 0 Å². The molecule has 0 saturated carbocycles. The number of hydrogen-bond acceptors (Lipinski definition) is 5. The normalized spacial score (nSPS) is 18.4. The van der Waals surface area contributed by atoms with Crippen molar-refractivity contribution in [1.82, 2.24) is 24.1 Å². The monoisotopic (exact) mass is 359 g/mol. The average Bonchev–Trinajstić information content (AvgIpc) is 3.05. The number of carbonyl (C=O) groups excluding carboxylic acids is 1. The zero-order valence-corrected chi connectivity index (χ0v) is 15.5. The van der Waals surface area contributed by atoms with Crippen molar-refractivity contribution in [3.63, 3.8) is 0 Å². The van der Waals surface area contributed by atoms with Crippen molar-refractivity contribution in [1.29, 1.82) is 0 Å². The van der Waals surface area contributed by atoms with E-state index in [0.717, 1.165) is 46.5 Å². The second-order valence-corrected chi connectivity index (χ2v) is 7.98. The third-order valence-corrected chi connectivity index (χ3v) is 6.27. The van der Waals surface area contributed by atoms with E-state index in [1.165, 1.54) is 15.4 Å². The van der Waals surface area contributed by atoms with Crippen LogP contribution in [0, 0.1) is 13.8 Å². The zero-order valence-electron chi connectivity index (χ0n) is 14.7. The maximum absolute atomic E-state index is 12.6. The summed E-state index contributed by atoms with van der Waals surface area (Å²) in [5.74, 6) is -0.0415. The molecular weight excluding hydrogens is 338 g/mol. The van der Waals surface area contributed by atoms with Gasteiger partial charge in [0.25, 0.3) is 0 Å². The molecule has 1 unspecified atom stereocenters. The number of likely N-dealkylation sites (tertiary alicyclic amines) is 1. The largest absolute Gasteiger partial charge is 0.352 e. The zero-order chi connectivity index (χ0) is 17.7. The Morgan fingerprint density at radius 2 is 2.16 bits per heavy atom. The SMILES string of the molecule is Cc1sc2ncn3c(=O)n(CC(=O)N4CCCCC4C)nc3c2c1C. The van der Waals surface area contributed by atoms with E-state index >= 15 is 0 Å². The molecule has 0 spiro atoms. The fraction of sp³-hybridized carbons (Fsp3) is 0.529. The van der Waals surface area contributed by atoms with Gasteiger partial charge in [-0.3, -0.25) is 4.79 Å². The van der Waals surface area contributed by atoms with Gasteiger partial charge in [0.15, 0.2) is 5.65 Å². The Kier molecular flexibility index (Phi) is 3.87. The molecule has 3 aromatic rings. The minimum atomic E-state index is -0.314. The highest BCUT2D eigenvalue weighted by Gasteiger charge is 2.25. The lowest BCUT2D eigenvalue weighted by molar-refractivity contribution is -0.135. The van der Waals surface area contributed by atoms with Crippen LogP contribution in [0.2, 0.25) is 0 Å². The van der Waals surface area contributed by atoms with Gasteiger partial charge in [-0.05, 0) is 45.6 Å². The Morgan fingerprint density at radius 1 is 1.36 bits per heavy atom. The molecule has 25 heavy (non-hydrogen) atoms. The van der Waals surface area contributed by atoms with E-state index in [-0.39, 0.29) is 24.2 Å². The number of piperidine rings is 1. The minimum absolute atomic E-state index is 0.0193. The number of carbonyl (C=O) groups is 1. The van der Waals surface area contributed by atoms with E-state index in [1.54, 1.807) is 11.3 Å². The van der Waals surface area contributed by atoms with Crippen LogP contribution in [-0.2, 0) is 11.3 Å². The summed E-state index contributed by atoms with van der Waals surface area (Å²) in [6.45, 7) is 6.86. The molecule has 4 rings (SSSR count). The van der Waals surface area contributed by atoms with E-state index in [9.17, 15) is 9.59 Å². The Labute approximate surface area is 148 Å². The maximum atomic E-state index is 12.6. The summed E-state index contributed by atoms with van der Waals surface area (Å²) in [5.41, 5.74) is 1.35. The lowest BCUT2D eigenvalue weighted by atomic mass is 10.0. The number of aromatic nitrogens is 4. The van der Waals surface area contributed by atoms with Crippen LogP contribution >= 0.6 is 11.3 Å². The van der Waals surface area contributed by atoms with Gasteiger partial charge >= 0.3 is 5.69 Å². The summed E-state index contributed by atoms with van der Waals surface area (Å²) in [5, 5.41) is 5.36. The number of amides is 1. The molecule has 1 saturated heterocycles. The molecule has 0 N–H and O–H groups in total. The van der Waals surface area contributed by atoms with E-state index < -0.39 is 0 Å². The van der Waals surface area contributed by atoms with E-state index in [0.29, 0.717) is 5.65 Å². The Bertz CT molecular complexity index is 1030. The van der Waals surface area contributed by atoms with Gasteiger partial charge in [0, 0.05) is 17.5 Å². The standard InChI is InChI=1S/C17H21N5O2S/c1-10-6-4-5-7-20(10)13(23)8-22-17(24)21-9-18-16-14(15(21)19-22)11(2)12(3)25-16/h9-10H,4-8H2,1-3H3. The van der Waals surface area contributed by atoms with E-state index in [4.69, 9.17) is 0 Å². The Balaban J connectivity index is 1.75. The number of aryl methyl sites for hydroxylation is 2. The fourth-order valence-electron chi connectivity index (χ4n) is 3.56. The van der Waals surface area contributed by atoms with Crippen LogP contribution < -0.4 is 5.69 Å². The molecule has 4 heterocycles. The molecule has 1 amide bonds. The average molecular weight is 359 g/mol. The molecule has 1 atom stereocenters. The molecule has 8 heteroatoms. The summed E-state index contributed by atoms with van der Waals surface area (Å²) in [6, 6.07) is 0.226. The smallest absolute Gasteiger partial charge is 0.338 e. The van der Waals surface area contributed by atoms with Crippen LogP contribution in [0.4, 0.5) is 0 Å². The highest BCUT2D eigenvalue weighted by atomic mass is 32.1. The predicted octanol–water partition coefficient (Wildman–Crippen LogP) is 2.12. The predicted molar refractivity (Wildman–Crippen MR) is 97.1 cm³/mol. The van der Waals surface area contributed by atoms with Gasteiger partial charge < -0.3 is 4.90 Å². The Morgan fingerprint density at radius 3 is 2.92 bits per heavy atom. The van der Waals surface area contributed by atoms with Gasteiger partial charge in [-0.25, -0.2) is 18.9 Å². The number of hydrogen-bond donors (Lipinski definition) is 0. The number of nitrogens with zero attached hydrogens (tertiary/aromatic N) is 5. The molecule has 0 radical (unpaired) electrons. The van der Waals surface area contributed by atoms with Gasteiger partial charge in [-0.15, -0.1) is 16.4 Å². The molecule has 1 aliphatic heterocycles. The molecule has 0 aromatic carbocycles. The molecule has 1 fully saturated rings. The van der Waals surface area contributed by atoms with Gasteiger partial charge in [0.05, 0.1) is 5.39 Å². The molecular formula is C17H21N5O2S. The van der Waals surface area contributed by atoms with Gasteiger partial charge in [-0.2, -0.15) is 0 Å². The quantitative estimate of drug-likeness (QED) is 0.703. The van der Waals surface area contributed by atoms with E-state index in [1.807, 2.05) is 18.7 Å². The first-order valence-corrected chi connectivity index (χ1v) is 9.42. The van der Waals surface area contributed by atoms with Crippen molar-refractivity contribution < 1.29 is 4.79 Å². The van der Waals surface area contributed by atoms with Crippen molar-refractivity contribution >= 4 is 33.1 Å². The lowest BCUT2D eigenvalue weighted by Crippen LogP contribution is -2.44. The third kappa shape index (κ3) is 2.55. The Hall–Kier alpha value is -2.22. The molecule has 132 valence electrons. The first-order chi connectivity index (χ1) is 12.0. The van der Waals surface area contributed by atoms with Crippen LogP contribution in [0.15, 0.2) is 11.1 Å². The summed E-state index contributed by atoms with van der Waals surface area (Å²) >= 11 is 1.59. The molecule has 1 aliphatic rings. The highest BCUT2D eigenvalue weighted by Crippen LogP contribution is 2.30. The van der Waals surface area contributed by atoms with Crippen molar-refractivity contribution in [2.45, 2.75) is 52.6 Å². The van der Waals surface area contributed by atoms with Gasteiger partial charge in [0.1, 0.15) is 17.7 Å². The molecule has 7 nitrogen and oxygen atoms in total. The molecule has 0 bridgehead atoms.